The standard InChI is InChI=1S/C30H31FN4O2/c1-20(22-7-10-24(31)11-8-22)33-29(36)23-9-14-28-26(17-23)27(30(37)34-28)18-32-25-12-5-21(6-13-25)19-35-15-3-2-4-16-35/h5-14,17-18,20,34,37H,2-4,15-16,19H2,1H3,(H,33,36). The summed E-state index contributed by atoms with van der Waals surface area (Å²) in [6, 6.07) is 19.1. The number of aromatic amines is 1. The van der Waals surface area contributed by atoms with Gasteiger partial charge in [0.05, 0.1) is 17.3 Å². The fraction of sp³-hybridized carbons (Fsp3) is 0.267. The first-order valence-corrected chi connectivity index (χ1v) is 12.7. The van der Waals surface area contributed by atoms with Crippen LogP contribution in [0.3, 0.4) is 0 Å². The van der Waals surface area contributed by atoms with Gasteiger partial charge in [-0.3, -0.25) is 14.7 Å². The average Bonchev–Trinajstić information content (AvgIpc) is 3.23. The van der Waals surface area contributed by atoms with Gasteiger partial charge in [-0.05, 0) is 86.4 Å². The SMILES string of the molecule is CC(NC(=O)c1ccc2[nH]c(O)c(C=Nc3ccc(CN4CCCCC4)cc3)c2c1)c1ccc(F)cc1. The van der Waals surface area contributed by atoms with Crippen LogP contribution < -0.4 is 5.32 Å². The number of rotatable bonds is 7. The van der Waals surface area contributed by atoms with Gasteiger partial charge in [-0.25, -0.2) is 4.39 Å². The number of hydrogen-bond acceptors (Lipinski definition) is 4. The van der Waals surface area contributed by atoms with E-state index >= 15 is 0 Å². The van der Waals surface area contributed by atoms with Gasteiger partial charge in [-0.2, -0.15) is 0 Å². The van der Waals surface area contributed by atoms with Gasteiger partial charge in [0, 0.05) is 29.2 Å². The van der Waals surface area contributed by atoms with E-state index in [2.05, 4.69) is 32.3 Å². The Hall–Kier alpha value is -3.97. The van der Waals surface area contributed by atoms with Gasteiger partial charge in [0.15, 0.2) is 5.88 Å². The fourth-order valence-electron chi connectivity index (χ4n) is 4.79. The Labute approximate surface area is 215 Å². The summed E-state index contributed by atoms with van der Waals surface area (Å²) >= 11 is 0. The summed E-state index contributed by atoms with van der Waals surface area (Å²) in [5, 5.41) is 14.1. The van der Waals surface area contributed by atoms with Gasteiger partial charge in [-0.1, -0.05) is 30.7 Å². The Balaban J connectivity index is 1.30. The zero-order chi connectivity index (χ0) is 25.8. The van der Waals surface area contributed by atoms with Gasteiger partial charge < -0.3 is 15.4 Å². The molecule has 190 valence electrons. The Morgan fingerprint density at radius 3 is 2.54 bits per heavy atom. The van der Waals surface area contributed by atoms with Crippen molar-refractivity contribution in [3.63, 3.8) is 0 Å². The van der Waals surface area contributed by atoms with Gasteiger partial charge in [0.1, 0.15) is 5.82 Å². The van der Waals surface area contributed by atoms with Crippen LogP contribution in [0.15, 0.2) is 71.7 Å². The molecule has 0 spiro atoms. The Morgan fingerprint density at radius 1 is 1.08 bits per heavy atom. The van der Waals surface area contributed by atoms with Crippen LogP contribution in [0.2, 0.25) is 0 Å². The third-order valence-corrected chi connectivity index (χ3v) is 6.93. The van der Waals surface area contributed by atoms with E-state index in [4.69, 9.17) is 0 Å². The second-order valence-corrected chi connectivity index (χ2v) is 9.66. The van der Waals surface area contributed by atoms with Crippen LogP contribution in [-0.4, -0.2) is 40.2 Å². The first-order chi connectivity index (χ1) is 18.0. The Morgan fingerprint density at radius 2 is 1.81 bits per heavy atom. The van der Waals surface area contributed by atoms with Crippen molar-refractivity contribution >= 4 is 28.7 Å². The molecule has 37 heavy (non-hydrogen) atoms. The van der Waals surface area contributed by atoms with E-state index in [-0.39, 0.29) is 23.6 Å². The number of benzene rings is 3. The molecule has 4 aromatic rings. The molecule has 3 N–H and O–H groups in total. The summed E-state index contributed by atoms with van der Waals surface area (Å²) in [4.78, 5) is 22.9. The number of carbonyl (C=O) groups excluding carboxylic acids is 1. The fourth-order valence-corrected chi connectivity index (χ4v) is 4.79. The molecule has 0 aliphatic carbocycles. The topological polar surface area (TPSA) is 80.7 Å². The lowest BCUT2D eigenvalue weighted by molar-refractivity contribution is 0.0940. The Bertz CT molecular complexity index is 1400. The van der Waals surface area contributed by atoms with Crippen LogP contribution in [0.1, 0.15) is 59.3 Å². The second kappa shape index (κ2) is 11.0. The van der Waals surface area contributed by atoms with E-state index < -0.39 is 0 Å². The molecule has 6 nitrogen and oxygen atoms in total. The molecule has 1 fully saturated rings. The predicted octanol–water partition coefficient (Wildman–Crippen LogP) is 6.24. The molecule has 7 heteroatoms. The van der Waals surface area contributed by atoms with Gasteiger partial charge in [0.25, 0.3) is 5.91 Å². The number of hydrogen-bond donors (Lipinski definition) is 3. The highest BCUT2D eigenvalue weighted by atomic mass is 19.1. The lowest BCUT2D eigenvalue weighted by Crippen LogP contribution is -2.28. The largest absolute Gasteiger partial charge is 0.494 e. The number of aromatic hydroxyl groups is 1. The van der Waals surface area contributed by atoms with Crippen LogP contribution in [0.5, 0.6) is 5.88 Å². The maximum Gasteiger partial charge on any atom is 0.251 e. The van der Waals surface area contributed by atoms with Crippen LogP contribution in [0, 0.1) is 5.82 Å². The van der Waals surface area contributed by atoms with Crippen molar-refractivity contribution in [1.29, 1.82) is 0 Å². The van der Waals surface area contributed by atoms with Gasteiger partial charge >= 0.3 is 0 Å². The molecule has 1 atom stereocenters. The van der Waals surface area contributed by atoms with Crippen molar-refractivity contribution in [3.05, 3.63) is 94.8 Å². The highest BCUT2D eigenvalue weighted by molar-refractivity contribution is 6.06. The summed E-state index contributed by atoms with van der Waals surface area (Å²) in [5.74, 6) is -0.577. The first-order valence-electron chi connectivity index (χ1n) is 12.7. The second-order valence-electron chi connectivity index (χ2n) is 9.66. The van der Waals surface area contributed by atoms with E-state index in [1.54, 1.807) is 36.5 Å². The zero-order valence-electron chi connectivity index (χ0n) is 20.9. The molecule has 0 radical (unpaired) electrons. The van der Waals surface area contributed by atoms with Crippen molar-refractivity contribution in [1.82, 2.24) is 15.2 Å². The molecule has 1 aromatic heterocycles. The number of piperidine rings is 1. The predicted molar refractivity (Wildman–Crippen MR) is 145 cm³/mol. The van der Waals surface area contributed by atoms with Crippen molar-refractivity contribution in [2.24, 2.45) is 4.99 Å². The van der Waals surface area contributed by atoms with E-state index in [0.29, 0.717) is 22.0 Å². The molecule has 0 bridgehead atoms. The van der Waals surface area contributed by atoms with Crippen LogP contribution in [0.25, 0.3) is 10.9 Å². The normalized spacial score (nSPS) is 15.3. The Kier molecular flexibility index (Phi) is 7.32. The lowest BCUT2D eigenvalue weighted by Gasteiger charge is -2.26. The van der Waals surface area contributed by atoms with Crippen LogP contribution in [-0.2, 0) is 6.54 Å². The first kappa shape index (κ1) is 24.7. The van der Waals surface area contributed by atoms with E-state index in [1.807, 2.05) is 19.1 Å². The maximum atomic E-state index is 13.2. The third kappa shape index (κ3) is 5.89. The minimum atomic E-state index is -0.317. The van der Waals surface area contributed by atoms with Crippen molar-refractivity contribution in [3.8, 4) is 5.88 Å². The lowest BCUT2D eigenvalue weighted by atomic mass is 10.1. The molecule has 5 rings (SSSR count). The number of fused-ring (bicyclic) bond motifs is 1. The number of aliphatic imine (C=N–C) groups is 1. The number of likely N-dealkylation sites (tertiary alicyclic amines) is 1. The molecule has 3 aromatic carbocycles. The van der Waals surface area contributed by atoms with Crippen molar-refractivity contribution in [2.45, 2.75) is 38.8 Å². The molecule has 1 amide bonds. The highest BCUT2D eigenvalue weighted by Gasteiger charge is 2.15. The van der Waals surface area contributed by atoms with Gasteiger partial charge in [0.2, 0.25) is 0 Å². The quantitative estimate of drug-likeness (QED) is 0.264. The highest BCUT2D eigenvalue weighted by Crippen LogP contribution is 2.28. The summed E-state index contributed by atoms with van der Waals surface area (Å²) in [7, 11) is 0. The summed E-state index contributed by atoms with van der Waals surface area (Å²) in [6.07, 6.45) is 5.49. The number of carbonyl (C=O) groups is 1. The summed E-state index contributed by atoms with van der Waals surface area (Å²) in [5.41, 5.74) is 4.55. The number of halogens is 1. The monoisotopic (exact) mass is 498 g/mol. The van der Waals surface area contributed by atoms with E-state index in [1.165, 1.54) is 37.0 Å². The number of nitrogens with one attached hydrogen (secondary N) is 2. The van der Waals surface area contributed by atoms with E-state index in [0.717, 1.165) is 30.9 Å². The molecule has 2 heterocycles. The molecule has 1 unspecified atom stereocenters. The summed E-state index contributed by atoms with van der Waals surface area (Å²) in [6.45, 7) is 5.12. The van der Waals surface area contributed by atoms with Crippen molar-refractivity contribution < 1.29 is 14.3 Å². The number of aromatic nitrogens is 1. The number of H-pyrrole nitrogens is 1. The molecule has 0 saturated carbocycles. The minimum absolute atomic E-state index is 0.00212. The van der Waals surface area contributed by atoms with Crippen LogP contribution in [0.4, 0.5) is 10.1 Å². The maximum absolute atomic E-state index is 13.2. The van der Waals surface area contributed by atoms with Crippen molar-refractivity contribution in [2.75, 3.05) is 13.1 Å². The number of amides is 1. The number of nitrogens with zero attached hydrogens (tertiary/aromatic N) is 2. The smallest absolute Gasteiger partial charge is 0.251 e. The van der Waals surface area contributed by atoms with E-state index in [9.17, 15) is 14.3 Å². The summed E-state index contributed by atoms with van der Waals surface area (Å²) < 4.78 is 13.2. The van der Waals surface area contributed by atoms with Crippen LogP contribution >= 0.6 is 0 Å². The van der Waals surface area contributed by atoms with Gasteiger partial charge in [-0.15, -0.1) is 0 Å². The molecular formula is C30H31FN4O2. The third-order valence-electron chi connectivity index (χ3n) is 6.93. The molecular weight excluding hydrogens is 467 g/mol. The molecule has 1 aliphatic rings. The minimum Gasteiger partial charge on any atom is -0.494 e. The zero-order valence-corrected chi connectivity index (χ0v) is 20.9. The molecule has 1 aliphatic heterocycles. The average molecular weight is 499 g/mol. The molecule has 1 saturated heterocycles.